The minimum absolute atomic E-state index is 0.149. The Bertz CT molecular complexity index is 413. The van der Waals surface area contributed by atoms with Gasteiger partial charge in [0.2, 0.25) is 5.91 Å². The van der Waals surface area contributed by atoms with Crippen molar-refractivity contribution >= 4 is 12.2 Å². The quantitative estimate of drug-likeness (QED) is 0.142. The Morgan fingerprint density at radius 3 is 1.90 bits per heavy atom. The summed E-state index contributed by atoms with van der Waals surface area (Å²) in [7, 11) is 0. The van der Waals surface area contributed by atoms with Crippen molar-refractivity contribution in [2.45, 2.75) is 130 Å². The van der Waals surface area contributed by atoms with E-state index in [-0.39, 0.29) is 11.9 Å². The highest BCUT2D eigenvalue weighted by molar-refractivity contribution is 5.75. The van der Waals surface area contributed by atoms with E-state index in [1.807, 2.05) is 13.8 Å². The topological polar surface area (TPSA) is 84.2 Å². The zero-order valence-electron chi connectivity index (χ0n) is 21.0. The lowest BCUT2D eigenvalue weighted by atomic mass is 10.1. The maximum absolute atomic E-state index is 11.7. The highest BCUT2D eigenvalue weighted by Crippen LogP contribution is 2.11. The van der Waals surface area contributed by atoms with Gasteiger partial charge in [0.05, 0.1) is 6.04 Å². The minimum atomic E-state index is -0.358. The summed E-state index contributed by atoms with van der Waals surface area (Å²) >= 11 is 0. The summed E-state index contributed by atoms with van der Waals surface area (Å²) in [5, 5.41) is 6.38. The molecule has 0 fully saturated rings. The number of hydrogen-bond donors (Lipinski definition) is 3. The third-order valence-electron chi connectivity index (χ3n) is 5.25. The molecule has 0 radical (unpaired) electrons. The van der Waals surface area contributed by atoms with Crippen LogP contribution in [0.3, 0.4) is 0 Å². The Labute approximate surface area is 193 Å². The summed E-state index contributed by atoms with van der Waals surface area (Å²) in [6.45, 7) is 12.0. The molecule has 5 heteroatoms. The molecule has 0 unspecified atom stereocenters. The predicted octanol–water partition coefficient (Wildman–Crippen LogP) is 6.02. The maximum atomic E-state index is 11.7. The van der Waals surface area contributed by atoms with Crippen molar-refractivity contribution in [3.05, 3.63) is 12.3 Å². The maximum Gasteiger partial charge on any atom is 0.219 e. The summed E-state index contributed by atoms with van der Waals surface area (Å²) in [5.74, 6) is 0.149. The van der Waals surface area contributed by atoms with Gasteiger partial charge in [0.25, 0.3) is 0 Å². The van der Waals surface area contributed by atoms with Crippen LogP contribution in [0.25, 0.3) is 0 Å². The lowest BCUT2D eigenvalue weighted by molar-refractivity contribution is -0.121. The second kappa shape index (κ2) is 26.7. The second-order valence-corrected chi connectivity index (χ2v) is 8.21. The summed E-state index contributed by atoms with van der Waals surface area (Å²) in [6, 6.07) is -0.358. The molecule has 0 aromatic heterocycles. The van der Waals surface area contributed by atoms with Crippen LogP contribution < -0.4 is 16.4 Å². The minimum Gasteiger partial charge on any atom is -0.389 e. The molecule has 0 saturated carbocycles. The molecule has 0 aromatic rings. The van der Waals surface area contributed by atoms with E-state index in [0.29, 0.717) is 19.4 Å². The van der Waals surface area contributed by atoms with Gasteiger partial charge in [-0.15, -0.1) is 0 Å². The first-order valence-electron chi connectivity index (χ1n) is 13.0. The van der Waals surface area contributed by atoms with Crippen LogP contribution in [-0.4, -0.2) is 31.3 Å². The summed E-state index contributed by atoms with van der Waals surface area (Å²) in [5.41, 5.74) is 6.72. The third-order valence-corrected chi connectivity index (χ3v) is 5.25. The number of aldehydes is 1. The number of nitrogens with two attached hydrogens (primary N) is 1. The van der Waals surface area contributed by atoms with Crippen LogP contribution in [0.15, 0.2) is 12.3 Å². The fourth-order valence-corrected chi connectivity index (χ4v) is 3.28. The molecular weight excluding hydrogens is 386 g/mol. The van der Waals surface area contributed by atoms with E-state index >= 15 is 0 Å². The average molecular weight is 440 g/mol. The normalized spacial score (nSPS) is 11.2. The van der Waals surface area contributed by atoms with E-state index < -0.39 is 0 Å². The first-order chi connectivity index (χ1) is 15.1. The second-order valence-electron chi connectivity index (χ2n) is 8.21. The Balaban J connectivity index is 0. The molecule has 0 spiro atoms. The average Bonchev–Trinajstić information content (AvgIpc) is 2.79. The summed E-state index contributed by atoms with van der Waals surface area (Å²) < 4.78 is 0. The fourth-order valence-electron chi connectivity index (χ4n) is 3.28. The molecule has 0 aromatic carbocycles. The fraction of sp³-hybridized carbons (Fsp3) is 0.846. The molecule has 0 aliphatic heterocycles. The van der Waals surface area contributed by atoms with Crippen molar-refractivity contribution in [1.29, 1.82) is 0 Å². The van der Waals surface area contributed by atoms with Crippen LogP contribution in [0.4, 0.5) is 0 Å². The molecule has 31 heavy (non-hydrogen) atoms. The number of unbranched alkanes of at least 4 members (excludes halogenated alkanes) is 10. The third kappa shape index (κ3) is 26.6. The monoisotopic (exact) mass is 439 g/mol. The van der Waals surface area contributed by atoms with Gasteiger partial charge in [0, 0.05) is 25.2 Å². The van der Waals surface area contributed by atoms with E-state index in [4.69, 9.17) is 5.73 Å². The Morgan fingerprint density at radius 2 is 1.32 bits per heavy atom. The van der Waals surface area contributed by atoms with Crippen LogP contribution in [0, 0.1) is 0 Å². The van der Waals surface area contributed by atoms with Crippen molar-refractivity contribution in [1.82, 2.24) is 10.6 Å². The number of allylic oxidation sites excluding steroid dienone is 1. The lowest BCUT2D eigenvalue weighted by Gasteiger charge is -2.08. The predicted molar refractivity (Wildman–Crippen MR) is 135 cm³/mol. The number of carbonyl (C=O) groups excluding carboxylic acids is 2. The smallest absolute Gasteiger partial charge is 0.219 e. The van der Waals surface area contributed by atoms with Gasteiger partial charge >= 0.3 is 0 Å². The number of amides is 1. The van der Waals surface area contributed by atoms with Crippen molar-refractivity contribution in [3.63, 3.8) is 0 Å². The van der Waals surface area contributed by atoms with Gasteiger partial charge in [-0.25, -0.2) is 0 Å². The molecule has 0 saturated heterocycles. The molecule has 0 rings (SSSR count). The number of hydrogen-bond acceptors (Lipinski definition) is 4. The van der Waals surface area contributed by atoms with Crippen molar-refractivity contribution < 1.29 is 9.59 Å². The molecule has 1 amide bonds. The van der Waals surface area contributed by atoms with Crippen LogP contribution in [0.2, 0.25) is 0 Å². The Hall–Kier alpha value is -1.36. The molecule has 184 valence electrons. The molecule has 0 aliphatic rings. The molecule has 5 nitrogen and oxygen atoms in total. The zero-order chi connectivity index (χ0) is 23.6. The Kier molecular flexibility index (Phi) is 27.4. The highest BCUT2D eigenvalue weighted by Gasteiger charge is 2.02. The van der Waals surface area contributed by atoms with Crippen molar-refractivity contribution in [2.24, 2.45) is 5.73 Å². The standard InChI is InChI=1S/C24H47N3O2.C2H6/c1-3-4-16-22(2)26-19-14-11-9-7-5-6-8-10-12-18-24(29)27-20-15-13-17-23(25)21-28;1-2/h21,23,26H,2-20,25H2,1H3,(H,27,29);1-2H3/t23-;/m0./s1. The zero-order valence-corrected chi connectivity index (χ0v) is 21.0. The van der Waals surface area contributed by atoms with Gasteiger partial charge in [0.15, 0.2) is 0 Å². The van der Waals surface area contributed by atoms with Gasteiger partial charge in [-0.05, 0) is 44.9 Å². The summed E-state index contributed by atoms with van der Waals surface area (Å²) in [4.78, 5) is 22.2. The SMILES string of the molecule is C=C(CCCC)NCCCCCCCCCCCC(=O)NCCCC[C@H](N)C=O.CC. The molecule has 0 bridgehead atoms. The van der Waals surface area contributed by atoms with E-state index in [2.05, 4.69) is 24.1 Å². The van der Waals surface area contributed by atoms with Crippen molar-refractivity contribution in [3.8, 4) is 0 Å². The van der Waals surface area contributed by atoms with Gasteiger partial charge in [-0.3, -0.25) is 4.79 Å². The van der Waals surface area contributed by atoms with E-state index in [0.717, 1.165) is 44.9 Å². The first-order valence-corrected chi connectivity index (χ1v) is 13.0. The van der Waals surface area contributed by atoms with Crippen LogP contribution in [0.1, 0.15) is 124 Å². The number of rotatable bonds is 22. The van der Waals surface area contributed by atoms with Gasteiger partial charge < -0.3 is 21.2 Å². The first kappa shape index (κ1) is 31.8. The molecule has 1 atom stereocenters. The number of carbonyl (C=O) groups is 2. The van der Waals surface area contributed by atoms with Crippen LogP contribution in [-0.2, 0) is 9.59 Å². The molecule has 4 N–H and O–H groups in total. The molecular formula is C26H53N3O2. The highest BCUT2D eigenvalue weighted by atomic mass is 16.1. The van der Waals surface area contributed by atoms with E-state index in [9.17, 15) is 9.59 Å². The van der Waals surface area contributed by atoms with Gasteiger partial charge in [-0.2, -0.15) is 0 Å². The van der Waals surface area contributed by atoms with Gasteiger partial charge in [-0.1, -0.05) is 78.7 Å². The Morgan fingerprint density at radius 1 is 0.806 bits per heavy atom. The molecule has 0 heterocycles. The van der Waals surface area contributed by atoms with Crippen LogP contribution >= 0.6 is 0 Å². The molecule has 0 aliphatic carbocycles. The van der Waals surface area contributed by atoms with Crippen molar-refractivity contribution in [2.75, 3.05) is 13.1 Å². The van der Waals surface area contributed by atoms with E-state index in [1.165, 1.54) is 63.5 Å². The van der Waals surface area contributed by atoms with Crippen LogP contribution in [0.5, 0.6) is 0 Å². The van der Waals surface area contributed by atoms with Gasteiger partial charge in [0.1, 0.15) is 6.29 Å². The lowest BCUT2D eigenvalue weighted by Crippen LogP contribution is -2.25. The van der Waals surface area contributed by atoms with E-state index in [1.54, 1.807) is 0 Å². The largest absolute Gasteiger partial charge is 0.389 e. The number of nitrogens with one attached hydrogen (secondary N) is 2. The summed E-state index contributed by atoms with van der Waals surface area (Å²) in [6.07, 6.45) is 18.6.